The minimum Gasteiger partial charge on any atom is -0.383 e. The lowest BCUT2D eigenvalue weighted by Gasteiger charge is -2.19. The van der Waals surface area contributed by atoms with Crippen LogP contribution >= 0.6 is 15.9 Å². The molecule has 0 atom stereocenters. The monoisotopic (exact) mass is 347 g/mol. The Labute approximate surface area is 129 Å². The van der Waals surface area contributed by atoms with Crippen molar-refractivity contribution >= 4 is 33.2 Å². The summed E-state index contributed by atoms with van der Waals surface area (Å²) in [6, 6.07) is 0. The highest BCUT2D eigenvalue weighted by atomic mass is 79.9. The first-order chi connectivity index (χ1) is 10.3. The van der Waals surface area contributed by atoms with Crippen LogP contribution in [0.5, 0.6) is 0 Å². The van der Waals surface area contributed by atoms with Gasteiger partial charge in [-0.3, -0.25) is 5.10 Å². The molecular formula is C13H14BrN7. The first kappa shape index (κ1) is 12.6. The molecule has 4 rings (SSSR count). The van der Waals surface area contributed by atoms with Gasteiger partial charge >= 0.3 is 0 Å². The van der Waals surface area contributed by atoms with Gasteiger partial charge in [0.05, 0.1) is 12.4 Å². The van der Waals surface area contributed by atoms with Gasteiger partial charge in [-0.25, -0.2) is 4.98 Å². The Kier molecular flexibility index (Phi) is 2.85. The molecule has 0 aliphatic carbocycles. The summed E-state index contributed by atoms with van der Waals surface area (Å²) >= 11 is 3.56. The van der Waals surface area contributed by atoms with Gasteiger partial charge in [0.15, 0.2) is 5.65 Å². The van der Waals surface area contributed by atoms with Crippen molar-refractivity contribution in [2.45, 2.75) is 12.8 Å². The number of rotatable bonds is 2. The molecule has 1 fully saturated rings. The molecule has 1 saturated heterocycles. The summed E-state index contributed by atoms with van der Waals surface area (Å²) in [5.74, 6) is 1.46. The number of nitrogens with one attached hydrogen (secondary N) is 1. The molecule has 0 saturated carbocycles. The van der Waals surface area contributed by atoms with E-state index in [0.29, 0.717) is 5.82 Å². The summed E-state index contributed by atoms with van der Waals surface area (Å²) in [6.45, 7) is 2.02. The Balaban J connectivity index is 1.95. The van der Waals surface area contributed by atoms with E-state index in [0.717, 1.165) is 40.2 Å². The molecule has 0 spiro atoms. The molecule has 3 N–H and O–H groups in total. The van der Waals surface area contributed by atoms with Crippen LogP contribution in [0.15, 0.2) is 23.1 Å². The van der Waals surface area contributed by atoms with Crippen LogP contribution in [0.4, 0.5) is 11.6 Å². The van der Waals surface area contributed by atoms with Crippen molar-refractivity contribution in [3.8, 4) is 11.1 Å². The SMILES string of the molecule is Nc1c(Br)c(N2CCCC2)nc2c(-c3cn[nH]c3)cnn12. The fourth-order valence-corrected chi connectivity index (χ4v) is 3.23. The summed E-state index contributed by atoms with van der Waals surface area (Å²) in [4.78, 5) is 7.05. The molecule has 108 valence electrons. The van der Waals surface area contributed by atoms with Gasteiger partial charge in [-0.1, -0.05) is 0 Å². The minimum absolute atomic E-state index is 0.566. The summed E-state index contributed by atoms with van der Waals surface area (Å²) in [5.41, 5.74) is 8.84. The summed E-state index contributed by atoms with van der Waals surface area (Å²) in [6.07, 6.45) is 7.72. The van der Waals surface area contributed by atoms with E-state index in [2.05, 4.69) is 36.1 Å². The van der Waals surface area contributed by atoms with Crippen molar-refractivity contribution in [2.75, 3.05) is 23.7 Å². The Hall–Kier alpha value is -2.09. The molecule has 0 radical (unpaired) electrons. The van der Waals surface area contributed by atoms with E-state index in [1.54, 1.807) is 16.9 Å². The topological polar surface area (TPSA) is 88.1 Å². The van der Waals surface area contributed by atoms with Gasteiger partial charge < -0.3 is 10.6 Å². The van der Waals surface area contributed by atoms with E-state index in [-0.39, 0.29) is 0 Å². The fourth-order valence-electron chi connectivity index (χ4n) is 2.72. The van der Waals surface area contributed by atoms with Gasteiger partial charge in [0.2, 0.25) is 0 Å². The predicted octanol–water partition coefficient (Wildman–Crippen LogP) is 2.06. The van der Waals surface area contributed by atoms with Crippen molar-refractivity contribution in [2.24, 2.45) is 0 Å². The highest BCUT2D eigenvalue weighted by Crippen LogP contribution is 2.34. The number of H-pyrrole nitrogens is 1. The highest BCUT2D eigenvalue weighted by molar-refractivity contribution is 9.10. The maximum Gasteiger partial charge on any atom is 0.167 e. The van der Waals surface area contributed by atoms with Crippen molar-refractivity contribution in [1.29, 1.82) is 0 Å². The van der Waals surface area contributed by atoms with Gasteiger partial charge in [0.25, 0.3) is 0 Å². The number of nitrogens with zero attached hydrogens (tertiary/aromatic N) is 5. The highest BCUT2D eigenvalue weighted by Gasteiger charge is 2.22. The van der Waals surface area contributed by atoms with E-state index in [9.17, 15) is 0 Å². The van der Waals surface area contributed by atoms with E-state index < -0.39 is 0 Å². The molecule has 1 aliphatic heterocycles. The lowest BCUT2D eigenvalue weighted by molar-refractivity contribution is 0.899. The van der Waals surface area contributed by atoms with Crippen LogP contribution < -0.4 is 10.6 Å². The Morgan fingerprint density at radius 1 is 1.24 bits per heavy atom. The number of halogens is 1. The van der Waals surface area contributed by atoms with Crippen LogP contribution in [0.2, 0.25) is 0 Å². The van der Waals surface area contributed by atoms with E-state index in [1.165, 1.54) is 12.8 Å². The van der Waals surface area contributed by atoms with Crippen LogP contribution in [0.1, 0.15) is 12.8 Å². The average molecular weight is 348 g/mol. The number of fused-ring (bicyclic) bond motifs is 1. The first-order valence-electron chi connectivity index (χ1n) is 6.82. The van der Waals surface area contributed by atoms with Crippen LogP contribution in [-0.4, -0.2) is 37.9 Å². The van der Waals surface area contributed by atoms with Gasteiger partial charge in [0, 0.05) is 30.4 Å². The van der Waals surface area contributed by atoms with E-state index in [1.807, 2.05) is 6.20 Å². The lowest BCUT2D eigenvalue weighted by Crippen LogP contribution is -2.21. The number of nitrogen functional groups attached to an aromatic ring is 1. The normalized spacial score (nSPS) is 15.2. The van der Waals surface area contributed by atoms with Crippen LogP contribution in [-0.2, 0) is 0 Å². The molecule has 21 heavy (non-hydrogen) atoms. The second kappa shape index (κ2) is 4.73. The number of hydrogen-bond acceptors (Lipinski definition) is 5. The third-order valence-electron chi connectivity index (χ3n) is 3.82. The first-order valence-corrected chi connectivity index (χ1v) is 7.62. The molecular weight excluding hydrogens is 334 g/mol. The summed E-state index contributed by atoms with van der Waals surface area (Å²) in [5, 5.41) is 11.1. The number of aromatic amines is 1. The smallest absolute Gasteiger partial charge is 0.167 e. The maximum absolute atomic E-state index is 6.22. The molecule has 0 unspecified atom stereocenters. The van der Waals surface area contributed by atoms with Gasteiger partial charge in [0.1, 0.15) is 16.1 Å². The van der Waals surface area contributed by atoms with Crippen molar-refractivity contribution in [3.63, 3.8) is 0 Å². The molecule has 8 heteroatoms. The number of aromatic nitrogens is 5. The zero-order chi connectivity index (χ0) is 14.4. The lowest BCUT2D eigenvalue weighted by atomic mass is 10.2. The van der Waals surface area contributed by atoms with Crippen LogP contribution in [0, 0.1) is 0 Å². The second-order valence-corrected chi connectivity index (χ2v) is 5.90. The van der Waals surface area contributed by atoms with Crippen molar-refractivity contribution in [3.05, 3.63) is 23.1 Å². The Morgan fingerprint density at radius 3 is 2.76 bits per heavy atom. The molecule has 1 aliphatic rings. The quantitative estimate of drug-likeness (QED) is 0.740. The largest absolute Gasteiger partial charge is 0.383 e. The number of nitrogens with two attached hydrogens (primary N) is 1. The Bertz CT molecular complexity index is 787. The number of hydrogen-bond donors (Lipinski definition) is 2. The molecule has 3 aromatic rings. The van der Waals surface area contributed by atoms with E-state index in [4.69, 9.17) is 10.7 Å². The fraction of sp³-hybridized carbons (Fsp3) is 0.308. The predicted molar refractivity (Wildman–Crippen MR) is 84.1 cm³/mol. The van der Waals surface area contributed by atoms with Crippen molar-refractivity contribution in [1.82, 2.24) is 24.8 Å². The van der Waals surface area contributed by atoms with Crippen LogP contribution in [0.3, 0.4) is 0 Å². The standard InChI is InChI=1S/C13H14BrN7/c14-10-11(15)21-12(19-13(10)20-3-1-2-4-20)9(7-18-21)8-5-16-17-6-8/h5-7H,1-4,15H2,(H,16,17). The second-order valence-electron chi connectivity index (χ2n) is 5.11. The Morgan fingerprint density at radius 2 is 2.05 bits per heavy atom. The van der Waals surface area contributed by atoms with Crippen molar-refractivity contribution < 1.29 is 0 Å². The molecule has 0 aromatic carbocycles. The third kappa shape index (κ3) is 1.90. The molecule has 0 amide bonds. The van der Waals surface area contributed by atoms with Gasteiger partial charge in [-0.05, 0) is 28.8 Å². The van der Waals surface area contributed by atoms with Gasteiger partial charge in [-0.15, -0.1) is 0 Å². The maximum atomic E-state index is 6.22. The van der Waals surface area contributed by atoms with E-state index >= 15 is 0 Å². The molecule has 3 aromatic heterocycles. The third-order valence-corrected chi connectivity index (χ3v) is 4.58. The zero-order valence-electron chi connectivity index (χ0n) is 11.3. The zero-order valence-corrected chi connectivity index (χ0v) is 12.8. The van der Waals surface area contributed by atoms with Crippen LogP contribution in [0.25, 0.3) is 16.8 Å². The molecule has 7 nitrogen and oxygen atoms in total. The molecule has 4 heterocycles. The van der Waals surface area contributed by atoms with Gasteiger partial charge in [-0.2, -0.15) is 14.7 Å². The minimum atomic E-state index is 0.566. The number of anilines is 2. The summed E-state index contributed by atoms with van der Waals surface area (Å²) < 4.78 is 2.46. The average Bonchev–Trinajstić information content (AvgIpc) is 3.22. The summed E-state index contributed by atoms with van der Waals surface area (Å²) in [7, 11) is 0. The molecule has 0 bridgehead atoms.